The van der Waals surface area contributed by atoms with Gasteiger partial charge in [0.25, 0.3) is 0 Å². The van der Waals surface area contributed by atoms with Crippen LogP contribution in [-0.4, -0.2) is 45.3 Å². The van der Waals surface area contributed by atoms with E-state index < -0.39 is 11.8 Å². The van der Waals surface area contributed by atoms with Gasteiger partial charge in [0.15, 0.2) is 5.13 Å². The van der Waals surface area contributed by atoms with Gasteiger partial charge in [-0.3, -0.25) is 20.2 Å². The third-order valence-corrected chi connectivity index (χ3v) is 4.14. The molecule has 0 saturated heterocycles. The van der Waals surface area contributed by atoms with Gasteiger partial charge in [0, 0.05) is 36.8 Å². The summed E-state index contributed by atoms with van der Waals surface area (Å²) < 4.78 is 0. The lowest BCUT2D eigenvalue weighted by Crippen LogP contribution is -2.29. The van der Waals surface area contributed by atoms with E-state index in [0.717, 1.165) is 30.1 Å². The summed E-state index contributed by atoms with van der Waals surface area (Å²) in [4.78, 5) is 39.0. The summed E-state index contributed by atoms with van der Waals surface area (Å²) in [6.45, 7) is 1.75. The van der Waals surface area contributed by atoms with E-state index in [-0.39, 0.29) is 5.95 Å². The fourth-order valence-electron chi connectivity index (χ4n) is 2.05. The summed E-state index contributed by atoms with van der Waals surface area (Å²) in [5, 5.41) is 5.28. The third-order valence-electron chi connectivity index (χ3n) is 3.14. The van der Waals surface area contributed by atoms with Crippen molar-refractivity contribution < 1.29 is 9.59 Å². The largest absolute Gasteiger partial charge is 0.316 e. The maximum absolute atomic E-state index is 11.9. The molecular formula is C13H14N6O2S. The van der Waals surface area contributed by atoms with E-state index in [4.69, 9.17) is 0 Å². The highest BCUT2D eigenvalue weighted by molar-refractivity contribution is 7.16. The second-order valence-corrected chi connectivity index (χ2v) is 5.94. The zero-order chi connectivity index (χ0) is 15.5. The number of aromatic nitrogens is 3. The van der Waals surface area contributed by atoms with E-state index in [0.29, 0.717) is 5.13 Å². The molecule has 0 aliphatic carbocycles. The van der Waals surface area contributed by atoms with Crippen LogP contribution in [0.1, 0.15) is 10.6 Å². The Morgan fingerprint density at radius 3 is 2.73 bits per heavy atom. The molecule has 9 heteroatoms. The van der Waals surface area contributed by atoms with Gasteiger partial charge in [-0.1, -0.05) is 0 Å². The molecule has 0 aromatic carbocycles. The van der Waals surface area contributed by atoms with Crippen LogP contribution < -0.4 is 10.6 Å². The average Bonchev–Trinajstić information content (AvgIpc) is 2.89. The standard InChI is InChI=1S/C13H14N6O2S/c1-19-6-3-8-9(7-19)22-13(16-8)18-11(21)10(20)17-12-14-4-2-5-15-12/h2,4-5H,3,6-7H2,1H3,(H,16,18,21)(H,14,15,17,20). The zero-order valence-corrected chi connectivity index (χ0v) is 12.7. The van der Waals surface area contributed by atoms with Gasteiger partial charge in [0.1, 0.15) is 0 Å². The molecule has 0 radical (unpaired) electrons. The van der Waals surface area contributed by atoms with Gasteiger partial charge in [0.2, 0.25) is 5.95 Å². The molecule has 0 atom stereocenters. The average molecular weight is 318 g/mol. The molecule has 114 valence electrons. The number of likely N-dealkylation sites (N-methyl/N-ethyl adjacent to an activating group) is 1. The van der Waals surface area contributed by atoms with Gasteiger partial charge >= 0.3 is 11.8 Å². The first-order valence-electron chi connectivity index (χ1n) is 6.68. The lowest BCUT2D eigenvalue weighted by atomic mass is 10.2. The monoisotopic (exact) mass is 318 g/mol. The minimum absolute atomic E-state index is 0.0858. The molecular weight excluding hydrogens is 304 g/mol. The Kier molecular flexibility index (Phi) is 4.07. The fourth-order valence-corrected chi connectivity index (χ4v) is 3.14. The predicted molar refractivity (Wildman–Crippen MR) is 81.4 cm³/mol. The van der Waals surface area contributed by atoms with E-state index in [1.54, 1.807) is 6.07 Å². The summed E-state index contributed by atoms with van der Waals surface area (Å²) in [6.07, 6.45) is 3.81. The molecule has 2 amide bonds. The first kappa shape index (κ1) is 14.5. The Hall–Kier alpha value is -2.39. The first-order chi connectivity index (χ1) is 10.6. The van der Waals surface area contributed by atoms with E-state index in [1.165, 1.54) is 23.7 Å². The number of fused-ring (bicyclic) bond motifs is 1. The topological polar surface area (TPSA) is 100 Å². The predicted octanol–water partition coefficient (Wildman–Crippen LogP) is 0.498. The molecule has 2 N–H and O–H groups in total. The van der Waals surface area contributed by atoms with Gasteiger partial charge in [-0.25, -0.2) is 15.0 Å². The van der Waals surface area contributed by atoms with Crippen LogP contribution in [-0.2, 0) is 22.6 Å². The van der Waals surface area contributed by atoms with E-state index in [2.05, 4.69) is 30.5 Å². The number of hydrogen-bond acceptors (Lipinski definition) is 7. The maximum Gasteiger partial charge on any atom is 0.316 e. The number of hydrogen-bond donors (Lipinski definition) is 2. The highest BCUT2D eigenvalue weighted by Gasteiger charge is 2.21. The van der Waals surface area contributed by atoms with Crippen LogP contribution in [0.4, 0.5) is 11.1 Å². The van der Waals surface area contributed by atoms with Crippen LogP contribution in [0.3, 0.4) is 0 Å². The Bertz CT molecular complexity index is 702. The number of amides is 2. The van der Waals surface area contributed by atoms with Gasteiger partial charge in [-0.15, -0.1) is 11.3 Å². The maximum atomic E-state index is 11.9. The fraction of sp³-hybridized carbons (Fsp3) is 0.308. The Morgan fingerprint density at radius 2 is 1.95 bits per heavy atom. The summed E-state index contributed by atoms with van der Waals surface area (Å²) >= 11 is 1.40. The van der Waals surface area contributed by atoms with Crippen molar-refractivity contribution in [2.45, 2.75) is 13.0 Å². The molecule has 0 saturated carbocycles. The quantitative estimate of drug-likeness (QED) is 0.782. The van der Waals surface area contributed by atoms with Crippen molar-refractivity contribution in [2.24, 2.45) is 0 Å². The van der Waals surface area contributed by atoms with Crippen molar-refractivity contribution in [1.82, 2.24) is 19.9 Å². The van der Waals surface area contributed by atoms with Crippen LogP contribution in [0.25, 0.3) is 0 Å². The van der Waals surface area contributed by atoms with Crippen molar-refractivity contribution in [3.05, 3.63) is 29.0 Å². The minimum atomic E-state index is -0.823. The normalized spacial score (nSPS) is 14.2. The summed E-state index contributed by atoms with van der Waals surface area (Å²) in [5.41, 5.74) is 0.991. The zero-order valence-electron chi connectivity index (χ0n) is 11.9. The number of thiazole rings is 1. The van der Waals surface area contributed by atoms with Crippen LogP contribution in [0, 0.1) is 0 Å². The second kappa shape index (κ2) is 6.16. The third kappa shape index (κ3) is 3.26. The smallest absolute Gasteiger partial charge is 0.301 e. The van der Waals surface area contributed by atoms with E-state index in [9.17, 15) is 9.59 Å². The van der Waals surface area contributed by atoms with Gasteiger partial charge < -0.3 is 4.90 Å². The van der Waals surface area contributed by atoms with Crippen molar-refractivity contribution >= 4 is 34.2 Å². The highest BCUT2D eigenvalue weighted by atomic mass is 32.1. The van der Waals surface area contributed by atoms with Gasteiger partial charge in [-0.2, -0.15) is 0 Å². The summed E-state index contributed by atoms with van der Waals surface area (Å²) in [5.74, 6) is -1.52. The van der Waals surface area contributed by atoms with Crippen LogP contribution in [0.5, 0.6) is 0 Å². The molecule has 22 heavy (non-hydrogen) atoms. The van der Waals surface area contributed by atoms with E-state index >= 15 is 0 Å². The van der Waals surface area contributed by atoms with Crippen LogP contribution in [0.15, 0.2) is 18.5 Å². The minimum Gasteiger partial charge on any atom is -0.301 e. The summed E-state index contributed by atoms with van der Waals surface area (Å²) in [6, 6.07) is 1.62. The molecule has 2 aromatic rings. The van der Waals surface area contributed by atoms with Crippen molar-refractivity contribution in [2.75, 3.05) is 24.2 Å². The van der Waals surface area contributed by atoms with Crippen molar-refractivity contribution in [3.63, 3.8) is 0 Å². The molecule has 0 unspecified atom stereocenters. The number of nitrogens with zero attached hydrogens (tertiary/aromatic N) is 4. The number of carbonyl (C=O) groups excluding carboxylic acids is 2. The molecule has 3 heterocycles. The molecule has 3 rings (SSSR count). The Balaban J connectivity index is 1.63. The van der Waals surface area contributed by atoms with Crippen molar-refractivity contribution in [3.8, 4) is 0 Å². The molecule has 0 bridgehead atoms. The van der Waals surface area contributed by atoms with Crippen LogP contribution >= 0.6 is 11.3 Å². The number of carbonyl (C=O) groups is 2. The molecule has 1 aliphatic heterocycles. The number of nitrogens with one attached hydrogen (secondary N) is 2. The van der Waals surface area contributed by atoms with Gasteiger partial charge in [-0.05, 0) is 13.1 Å². The van der Waals surface area contributed by atoms with Gasteiger partial charge in [0.05, 0.1) is 5.69 Å². The molecule has 1 aliphatic rings. The molecule has 0 spiro atoms. The molecule has 0 fully saturated rings. The Morgan fingerprint density at radius 1 is 1.23 bits per heavy atom. The first-order valence-corrected chi connectivity index (χ1v) is 7.50. The summed E-state index contributed by atoms with van der Waals surface area (Å²) in [7, 11) is 2.04. The van der Waals surface area contributed by atoms with E-state index in [1.807, 2.05) is 7.05 Å². The number of anilines is 2. The lowest BCUT2D eigenvalue weighted by molar-refractivity contribution is -0.133. The van der Waals surface area contributed by atoms with Crippen LogP contribution in [0.2, 0.25) is 0 Å². The second-order valence-electron chi connectivity index (χ2n) is 4.86. The van der Waals surface area contributed by atoms with Crippen molar-refractivity contribution in [1.29, 1.82) is 0 Å². The number of rotatable bonds is 2. The highest BCUT2D eigenvalue weighted by Crippen LogP contribution is 2.27. The SMILES string of the molecule is CN1CCc2nc(NC(=O)C(=O)Nc3ncccn3)sc2C1. The lowest BCUT2D eigenvalue weighted by Gasteiger charge is -2.20. The molecule has 8 nitrogen and oxygen atoms in total. The Labute approximate surface area is 130 Å². The molecule has 2 aromatic heterocycles.